The number of aryl methyl sites for hydroxylation is 1. The average Bonchev–Trinajstić information content (AvgIpc) is 3.21. The summed E-state index contributed by atoms with van der Waals surface area (Å²) in [5.41, 5.74) is 3.69. The summed E-state index contributed by atoms with van der Waals surface area (Å²) in [6, 6.07) is 8.06. The van der Waals surface area contributed by atoms with Gasteiger partial charge in [0.05, 0.1) is 12.2 Å². The third-order valence-corrected chi connectivity index (χ3v) is 4.48. The van der Waals surface area contributed by atoms with Crippen molar-refractivity contribution >= 4 is 11.6 Å². The summed E-state index contributed by atoms with van der Waals surface area (Å²) < 4.78 is 1.89. The van der Waals surface area contributed by atoms with Crippen molar-refractivity contribution in [3.63, 3.8) is 0 Å². The van der Waals surface area contributed by atoms with E-state index in [1.54, 1.807) is 18.6 Å². The maximum Gasteiger partial charge on any atom is 0.273 e. The van der Waals surface area contributed by atoms with E-state index in [4.69, 9.17) is 0 Å². The Kier molecular flexibility index (Phi) is 3.33. The van der Waals surface area contributed by atoms with E-state index in [1.165, 1.54) is 0 Å². The number of hydrogen-bond acceptors (Lipinski definition) is 3. The van der Waals surface area contributed by atoms with E-state index in [1.807, 2.05) is 46.7 Å². The van der Waals surface area contributed by atoms with Crippen LogP contribution in [0.5, 0.6) is 0 Å². The van der Waals surface area contributed by atoms with Gasteiger partial charge in [-0.1, -0.05) is 6.07 Å². The number of imidazole rings is 1. The Hall–Kier alpha value is -2.69. The van der Waals surface area contributed by atoms with Crippen LogP contribution in [0.15, 0.2) is 49.1 Å². The topological polar surface area (TPSA) is 50.5 Å². The second-order valence-corrected chi connectivity index (χ2v) is 6.02. The Labute approximate surface area is 134 Å². The fourth-order valence-electron chi connectivity index (χ4n) is 3.33. The molecule has 116 valence electrons. The molecular weight excluding hydrogens is 288 g/mol. The van der Waals surface area contributed by atoms with Crippen molar-refractivity contribution in [2.75, 3.05) is 6.54 Å². The highest BCUT2D eigenvalue weighted by molar-refractivity contribution is 5.93. The zero-order chi connectivity index (χ0) is 15.8. The first-order valence-electron chi connectivity index (χ1n) is 7.88. The van der Waals surface area contributed by atoms with Gasteiger partial charge in [-0.05, 0) is 49.1 Å². The minimum Gasteiger partial charge on any atom is -0.330 e. The fourth-order valence-corrected chi connectivity index (χ4v) is 3.33. The third-order valence-electron chi connectivity index (χ3n) is 4.48. The summed E-state index contributed by atoms with van der Waals surface area (Å²) in [4.78, 5) is 23.5. The summed E-state index contributed by atoms with van der Waals surface area (Å²) in [5.74, 6) is 0.0439. The van der Waals surface area contributed by atoms with Crippen molar-refractivity contribution < 1.29 is 4.79 Å². The Morgan fingerprint density at radius 3 is 2.87 bits per heavy atom. The lowest BCUT2D eigenvalue weighted by molar-refractivity contribution is 0.0728. The molecule has 4 heterocycles. The second kappa shape index (κ2) is 5.50. The van der Waals surface area contributed by atoms with Gasteiger partial charge in [0.1, 0.15) is 11.3 Å². The lowest BCUT2D eigenvalue weighted by atomic mass is 10.1. The monoisotopic (exact) mass is 306 g/mol. The van der Waals surface area contributed by atoms with Crippen LogP contribution in [-0.4, -0.2) is 31.7 Å². The Balaban J connectivity index is 1.71. The van der Waals surface area contributed by atoms with Gasteiger partial charge in [-0.3, -0.25) is 14.2 Å². The molecule has 0 bridgehead atoms. The number of nitrogens with zero attached hydrogens (tertiary/aromatic N) is 4. The van der Waals surface area contributed by atoms with Gasteiger partial charge in [0, 0.05) is 25.1 Å². The minimum absolute atomic E-state index is 0.0439. The van der Waals surface area contributed by atoms with Crippen molar-refractivity contribution in [2.24, 2.45) is 0 Å². The quantitative estimate of drug-likeness (QED) is 0.731. The van der Waals surface area contributed by atoms with Crippen LogP contribution in [0.25, 0.3) is 5.65 Å². The Bertz CT molecular complexity index is 856. The lowest BCUT2D eigenvalue weighted by Gasteiger charge is -2.24. The van der Waals surface area contributed by atoms with E-state index in [9.17, 15) is 4.79 Å². The van der Waals surface area contributed by atoms with Crippen molar-refractivity contribution in [2.45, 2.75) is 25.8 Å². The lowest BCUT2D eigenvalue weighted by Crippen LogP contribution is -2.31. The molecule has 0 aromatic carbocycles. The molecular formula is C18H18N4O. The van der Waals surface area contributed by atoms with E-state index < -0.39 is 0 Å². The normalized spacial score (nSPS) is 17.8. The van der Waals surface area contributed by atoms with Crippen LogP contribution in [0.1, 0.15) is 40.5 Å². The smallest absolute Gasteiger partial charge is 0.273 e. The molecule has 3 aromatic heterocycles. The molecule has 4 rings (SSSR count). The van der Waals surface area contributed by atoms with E-state index in [-0.39, 0.29) is 11.9 Å². The molecule has 1 atom stereocenters. The highest BCUT2D eigenvalue weighted by Gasteiger charge is 2.31. The van der Waals surface area contributed by atoms with Crippen molar-refractivity contribution in [3.8, 4) is 0 Å². The van der Waals surface area contributed by atoms with Gasteiger partial charge < -0.3 is 4.90 Å². The predicted octanol–water partition coefficient (Wildman–Crippen LogP) is 3.02. The number of rotatable bonds is 2. The van der Waals surface area contributed by atoms with Gasteiger partial charge in [-0.2, -0.15) is 0 Å². The van der Waals surface area contributed by atoms with E-state index in [0.717, 1.165) is 36.2 Å². The SMILES string of the molecule is Cc1ccc2ncc(C(=O)N3CCC[C@H]3c3ccncc3)n2c1. The molecule has 1 fully saturated rings. The number of pyridine rings is 2. The molecule has 1 amide bonds. The molecule has 3 aromatic rings. The molecule has 0 spiro atoms. The maximum absolute atomic E-state index is 13.1. The number of fused-ring (bicyclic) bond motifs is 1. The number of aromatic nitrogens is 3. The number of hydrogen-bond donors (Lipinski definition) is 0. The van der Waals surface area contributed by atoms with Crippen LogP contribution in [0, 0.1) is 6.92 Å². The van der Waals surface area contributed by atoms with Crippen LogP contribution < -0.4 is 0 Å². The van der Waals surface area contributed by atoms with E-state index in [2.05, 4.69) is 9.97 Å². The summed E-state index contributed by atoms with van der Waals surface area (Å²) >= 11 is 0. The van der Waals surface area contributed by atoms with Gasteiger partial charge in [0.2, 0.25) is 0 Å². The molecule has 0 saturated carbocycles. The number of carbonyl (C=O) groups excluding carboxylic acids is 1. The van der Waals surface area contributed by atoms with Gasteiger partial charge in [0.15, 0.2) is 0 Å². The Morgan fingerprint density at radius 2 is 2.04 bits per heavy atom. The predicted molar refractivity (Wildman–Crippen MR) is 87.2 cm³/mol. The average molecular weight is 306 g/mol. The summed E-state index contributed by atoms with van der Waals surface area (Å²) in [7, 11) is 0. The molecule has 0 radical (unpaired) electrons. The molecule has 5 heteroatoms. The van der Waals surface area contributed by atoms with Crippen LogP contribution in [0.2, 0.25) is 0 Å². The first-order valence-corrected chi connectivity index (χ1v) is 7.88. The van der Waals surface area contributed by atoms with Gasteiger partial charge >= 0.3 is 0 Å². The van der Waals surface area contributed by atoms with Gasteiger partial charge in [-0.25, -0.2) is 4.98 Å². The zero-order valence-electron chi connectivity index (χ0n) is 13.0. The number of likely N-dealkylation sites (tertiary alicyclic amines) is 1. The van der Waals surface area contributed by atoms with Gasteiger partial charge in [-0.15, -0.1) is 0 Å². The number of carbonyl (C=O) groups is 1. The van der Waals surface area contributed by atoms with Crippen LogP contribution in [0.3, 0.4) is 0 Å². The standard InChI is InChI=1S/C18H18N4O/c1-13-4-5-17-20-11-16(22(17)12-13)18(23)21-10-2-3-15(21)14-6-8-19-9-7-14/h4-9,11-12,15H,2-3,10H2,1H3/t15-/m0/s1. The first-order chi connectivity index (χ1) is 11.2. The van der Waals surface area contributed by atoms with Crippen LogP contribution in [0.4, 0.5) is 0 Å². The molecule has 0 aliphatic carbocycles. The van der Waals surface area contributed by atoms with Gasteiger partial charge in [0.25, 0.3) is 5.91 Å². The largest absolute Gasteiger partial charge is 0.330 e. The van der Waals surface area contributed by atoms with Crippen molar-refractivity contribution in [1.82, 2.24) is 19.3 Å². The first kappa shape index (κ1) is 13.9. The highest BCUT2D eigenvalue weighted by Crippen LogP contribution is 2.32. The third kappa shape index (κ3) is 2.38. The molecule has 0 unspecified atom stereocenters. The van der Waals surface area contributed by atoms with Crippen LogP contribution >= 0.6 is 0 Å². The summed E-state index contributed by atoms with van der Waals surface area (Å²) in [5, 5.41) is 0. The highest BCUT2D eigenvalue weighted by atomic mass is 16.2. The fraction of sp³-hybridized carbons (Fsp3) is 0.278. The maximum atomic E-state index is 13.1. The molecule has 5 nitrogen and oxygen atoms in total. The van der Waals surface area contributed by atoms with Crippen molar-refractivity contribution in [3.05, 3.63) is 65.9 Å². The van der Waals surface area contributed by atoms with E-state index >= 15 is 0 Å². The minimum atomic E-state index is 0.0439. The van der Waals surface area contributed by atoms with E-state index in [0.29, 0.717) is 5.69 Å². The zero-order valence-corrected chi connectivity index (χ0v) is 13.0. The summed E-state index contributed by atoms with van der Waals surface area (Å²) in [6.45, 7) is 2.80. The van der Waals surface area contributed by atoms with Crippen LogP contribution in [-0.2, 0) is 0 Å². The summed E-state index contributed by atoms with van der Waals surface area (Å²) in [6.07, 6.45) is 9.23. The molecule has 1 aliphatic heterocycles. The molecule has 0 N–H and O–H groups in total. The molecule has 1 aliphatic rings. The van der Waals surface area contributed by atoms with Crippen molar-refractivity contribution in [1.29, 1.82) is 0 Å². The number of amides is 1. The Morgan fingerprint density at radius 1 is 1.22 bits per heavy atom. The molecule has 1 saturated heterocycles. The molecule has 23 heavy (non-hydrogen) atoms. The second-order valence-electron chi connectivity index (χ2n) is 6.02.